The molecule has 18 heavy (non-hydrogen) atoms. The molecule has 2 nitrogen and oxygen atoms in total. The summed E-state index contributed by atoms with van der Waals surface area (Å²) in [5.74, 6) is 0.786. The molecular weight excluding hydrogens is 222 g/mol. The van der Waals surface area contributed by atoms with E-state index in [-0.39, 0.29) is 5.91 Å². The van der Waals surface area contributed by atoms with E-state index in [1.54, 1.807) is 0 Å². The van der Waals surface area contributed by atoms with Gasteiger partial charge >= 0.3 is 0 Å². The van der Waals surface area contributed by atoms with Crippen LogP contribution in [0.2, 0.25) is 0 Å². The lowest BCUT2D eigenvalue weighted by Crippen LogP contribution is -2.20. The van der Waals surface area contributed by atoms with Gasteiger partial charge in [0.1, 0.15) is 0 Å². The number of amides is 1. The van der Waals surface area contributed by atoms with Crippen molar-refractivity contribution in [1.82, 2.24) is 0 Å². The summed E-state index contributed by atoms with van der Waals surface area (Å²) in [5.41, 5.74) is 9.29. The Kier molecular flexibility index (Phi) is 4.05. The molecule has 1 aromatic carbocycles. The van der Waals surface area contributed by atoms with E-state index >= 15 is 0 Å². The fourth-order valence-corrected chi connectivity index (χ4v) is 3.36. The maximum atomic E-state index is 11.3. The molecule has 0 heterocycles. The van der Waals surface area contributed by atoms with Crippen LogP contribution in [-0.2, 0) is 4.79 Å². The highest BCUT2D eigenvalue weighted by atomic mass is 16.1. The van der Waals surface area contributed by atoms with Gasteiger partial charge in [-0.2, -0.15) is 0 Å². The number of primary amides is 1. The fourth-order valence-electron chi connectivity index (χ4n) is 3.36. The molecule has 0 spiro atoms. The zero-order valence-corrected chi connectivity index (χ0v) is 11.4. The summed E-state index contributed by atoms with van der Waals surface area (Å²) in [5, 5.41) is 0. The van der Waals surface area contributed by atoms with E-state index in [1.807, 2.05) is 0 Å². The Morgan fingerprint density at radius 2 is 1.78 bits per heavy atom. The maximum Gasteiger partial charge on any atom is 0.218 e. The third-order valence-corrected chi connectivity index (χ3v) is 4.06. The number of hydrogen-bond donors (Lipinski definition) is 1. The number of nitrogens with two attached hydrogens (primary N) is 1. The summed E-state index contributed by atoms with van der Waals surface area (Å²) in [6, 6.07) is 6.62. The molecule has 2 rings (SSSR count). The standard InChI is InChI=1S/C16H23NO/c1-11-7-12(2)9-14(8-11)15(10-16(17)18)13-5-3-4-6-13/h7-9,13,15H,3-6,10H2,1-2H3,(H2,17,18). The topological polar surface area (TPSA) is 43.1 Å². The number of aryl methyl sites for hydroxylation is 2. The molecule has 2 heteroatoms. The molecule has 0 bridgehead atoms. The normalized spacial score (nSPS) is 17.9. The highest BCUT2D eigenvalue weighted by Crippen LogP contribution is 2.39. The van der Waals surface area contributed by atoms with Gasteiger partial charge in [0.15, 0.2) is 0 Å². The average Bonchev–Trinajstić information content (AvgIpc) is 2.77. The minimum atomic E-state index is -0.175. The first-order chi connectivity index (χ1) is 8.56. The van der Waals surface area contributed by atoms with Crippen LogP contribution in [0.25, 0.3) is 0 Å². The van der Waals surface area contributed by atoms with E-state index < -0.39 is 0 Å². The largest absolute Gasteiger partial charge is 0.370 e. The summed E-state index contributed by atoms with van der Waals surface area (Å²) >= 11 is 0. The third kappa shape index (κ3) is 3.12. The number of carbonyl (C=O) groups is 1. The van der Waals surface area contributed by atoms with Gasteiger partial charge in [-0.15, -0.1) is 0 Å². The van der Waals surface area contributed by atoms with Gasteiger partial charge in [0.05, 0.1) is 0 Å². The lowest BCUT2D eigenvalue weighted by Gasteiger charge is -2.23. The number of carbonyl (C=O) groups excluding carboxylic acids is 1. The van der Waals surface area contributed by atoms with E-state index in [1.165, 1.54) is 42.4 Å². The zero-order chi connectivity index (χ0) is 13.1. The summed E-state index contributed by atoms with van der Waals surface area (Å²) in [6.07, 6.45) is 5.57. The van der Waals surface area contributed by atoms with E-state index in [0.29, 0.717) is 18.3 Å². The van der Waals surface area contributed by atoms with E-state index in [4.69, 9.17) is 5.73 Å². The molecule has 1 aromatic rings. The second kappa shape index (κ2) is 5.55. The van der Waals surface area contributed by atoms with Crippen molar-refractivity contribution in [2.24, 2.45) is 11.7 Å². The lowest BCUT2D eigenvalue weighted by atomic mass is 9.81. The van der Waals surface area contributed by atoms with Crippen LogP contribution in [0, 0.1) is 19.8 Å². The van der Waals surface area contributed by atoms with E-state index in [0.717, 1.165) is 0 Å². The van der Waals surface area contributed by atoms with Crippen LogP contribution in [0.3, 0.4) is 0 Å². The van der Waals surface area contributed by atoms with Crippen LogP contribution in [0.1, 0.15) is 54.7 Å². The molecule has 0 saturated heterocycles. The molecule has 0 radical (unpaired) electrons. The summed E-state index contributed by atoms with van der Waals surface area (Å²) in [7, 11) is 0. The zero-order valence-electron chi connectivity index (χ0n) is 11.4. The molecule has 2 N–H and O–H groups in total. The third-order valence-electron chi connectivity index (χ3n) is 4.06. The van der Waals surface area contributed by atoms with Crippen molar-refractivity contribution in [3.63, 3.8) is 0 Å². The van der Waals surface area contributed by atoms with Crippen molar-refractivity contribution >= 4 is 5.91 Å². The highest BCUT2D eigenvalue weighted by molar-refractivity contribution is 5.74. The van der Waals surface area contributed by atoms with Crippen LogP contribution in [0.4, 0.5) is 0 Å². The molecule has 0 aromatic heterocycles. The SMILES string of the molecule is Cc1cc(C)cc(C(CC(N)=O)C2CCCC2)c1. The number of rotatable bonds is 4. The van der Waals surface area contributed by atoms with Crippen molar-refractivity contribution in [2.45, 2.75) is 51.9 Å². The Balaban J connectivity index is 2.28. The molecule has 1 atom stereocenters. The molecule has 1 aliphatic rings. The van der Waals surface area contributed by atoms with Crippen molar-refractivity contribution < 1.29 is 4.79 Å². The number of hydrogen-bond acceptors (Lipinski definition) is 1. The van der Waals surface area contributed by atoms with E-state index in [2.05, 4.69) is 32.0 Å². The smallest absolute Gasteiger partial charge is 0.218 e. The van der Waals surface area contributed by atoms with Crippen LogP contribution in [0.15, 0.2) is 18.2 Å². The minimum absolute atomic E-state index is 0.175. The Morgan fingerprint density at radius 1 is 1.22 bits per heavy atom. The number of benzene rings is 1. The van der Waals surface area contributed by atoms with Gasteiger partial charge in [0.2, 0.25) is 5.91 Å². The Morgan fingerprint density at radius 3 is 2.28 bits per heavy atom. The van der Waals surface area contributed by atoms with Crippen molar-refractivity contribution in [3.8, 4) is 0 Å². The molecule has 1 aliphatic carbocycles. The summed E-state index contributed by atoms with van der Waals surface area (Å²) in [6.45, 7) is 4.24. The predicted octanol–water partition coefficient (Wildman–Crippen LogP) is 3.45. The van der Waals surface area contributed by atoms with Crippen molar-refractivity contribution in [2.75, 3.05) is 0 Å². The first kappa shape index (κ1) is 13.1. The molecular formula is C16H23NO. The van der Waals surface area contributed by atoms with Gasteiger partial charge in [0.25, 0.3) is 0 Å². The summed E-state index contributed by atoms with van der Waals surface area (Å²) < 4.78 is 0. The summed E-state index contributed by atoms with van der Waals surface area (Å²) in [4.78, 5) is 11.3. The first-order valence-corrected chi connectivity index (χ1v) is 6.93. The maximum absolute atomic E-state index is 11.3. The quantitative estimate of drug-likeness (QED) is 0.867. The van der Waals surface area contributed by atoms with Crippen molar-refractivity contribution in [1.29, 1.82) is 0 Å². The second-order valence-electron chi connectivity index (χ2n) is 5.74. The van der Waals surface area contributed by atoms with Gasteiger partial charge < -0.3 is 5.73 Å². The molecule has 1 saturated carbocycles. The van der Waals surface area contributed by atoms with Crippen LogP contribution < -0.4 is 5.73 Å². The molecule has 0 aliphatic heterocycles. The minimum Gasteiger partial charge on any atom is -0.370 e. The molecule has 98 valence electrons. The average molecular weight is 245 g/mol. The van der Waals surface area contributed by atoms with Gasteiger partial charge in [0, 0.05) is 6.42 Å². The van der Waals surface area contributed by atoms with Crippen LogP contribution in [-0.4, -0.2) is 5.91 Å². The molecule has 1 amide bonds. The monoisotopic (exact) mass is 245 g/mol. The van der Waals surface area contributed by atoms with Crippen molar-refractivity contribution in [3.05, 3.63) is 34.9 Å². The van der Waals surface area contributed by atoms with Crippen LogP contribution >= 0.6 is 0 Å². The fraction of sp³-hybridized carbons (Fsp3) is 0.562. The van der Waals surface area contributed by atoms with Gasteiger partial charge in [-0.1, -0.05) is 42.2 Å². The van der Waals surface area contributed by atoms with E-state index in [9.17, 15) is 4.79 Å². The van der Waals surface area contributed by atoms with Gasteiger partial charge in [-0.05, 0) is 44.1 Å². The molecule has 1 unspecified atom stereocenters. The van der Waals surface area contributed by atoms with Gasteiger partial charge in [-0.3, -0.25) is 4.79 Å². The Bertz CT molecular complexity index is 412. The van der Waals surface area contributed by atoms with Crippen LogP contribution in [0.5, 0.6) is 0 Å². The Hall–Kier alpha value is -1.31. The predicted molar refractivity (Wildman–Crippen MR) is 74.4 cm³/mol. The molecule has 1 fully saturated rings. The second-order valence-corrected chi connectivity index (χ2v) is 5.74. The highest BCUT2D eigenvalue weighted by Gasteiger charge is 2.27. The first-order valence-electron chi connectivity index (χ1n) is 6.93. The van der Waals surface area contributed by atoms with Gasteiger partial charge in [-0.25, -0.2) is 0 Å². The lowest BCUT2D eigenvalue weighted by molar-refractivity contribution is -0.118. The Labute approximate surface area is 110 Å².